The minimum absolute atomic E-state index is 0.0175. The van der Waals surface area contributed by atoms with Gasteiger partial charge in [-0.2, -0.15) is 13.2 Å². The van der Waals surface area contributed by atoms with Gasteiger partial charge >= 0.3 is 6.18 Å². The predicted molar refractivity (Wildman–Crippen MR) is 43.5 cm³/mol. The zero-order valence-electron chi connectivity index (χ0n) is 7.37. The van der Waals surface area contributed by atoms with Crippen molar-refractivity contribution in [2.75, 3.05) is 7.05 Å². The van der Waals surface area contributed by atoms with Gasteiger partial charge in [-0.3, -0.25) is 4.99 Å². The number of allylic oxidation sites excluding steroid dienone is 2. The molecular weight excluding hydrogens is 167 g/mol. The Hall–Kier alpha value is -0.800. The average Bonchev–Trinajstić information content (AvgIpc) is 1.97. The van der Waals surface area contributed by atoms with E-state index in [2.05, 4.69) is 4.99 Å². The van der Waals surface area contributed by atoms with Crippen molar-refractivity contribution >= 4 is 5.71 Å². The highest BCUT2D eigenvalue weighted by Gasteiger charge is 2.31. The molecule has 0 aromatic heterocycles. The van der Waals surface area contributed by atoms with Crippen LogP contribution in [-0.2, 0) is 0 Å². The molecule has 4 heteroatoms. The van der Waals surface area contributed by atoms with E-state index in [1.807, 2.05) is 0 Å². The first-order valence-corrected chi connectivity index (χ1v) is 3.63. The fourth-order valence-corrected chi connectivity index (χ4v) is 0.701. The van der Waals surface area contributed by atoms with Crippen LogP contribution in [0.4, 0.5) is 13.2 Å². The van der Waals surface area contributed by atoms with E-state index in [1.54, 1.807) is 6.92 Å². The lowest BCUT2D eigenvalue weighted by atomic mass is 10.1. The van der Waals surface area contributed by atoms with E-state index in [0.29, 0.717) is 5.71 Å². The first-order chi connectivity index (χ1) is 5.41. The number of hydrogen-bond donors (Lipinski definition) is 0. The summed E-state index contributed by atoms with van der Waals surface area (Å²) in [5.41, 5.74) is -0.144. The second kappa shape index (κ2) is 4.28. The lowest BCUT2D eigenvalue weighted by Crippen LogP contribution is -2.12. The predicted octanol–water partition coefficient (Wildman–Crippen LogP) is 2.98. The van der Waals surface area contributed by atoms with Crippen LogP contribution < -0.4 is 0 Å². The molecule has 0 unspecified atom stereocenters. The van der Waals surface area contributed by atoms with Crippen LogP contribution in [0, 0.1) is 0 Å². The molecule has 0 aliphatic heterocycles. The van der Waals surface area contributed by atoms with E-state index < -0.39 is 11.7 Å². The highest BCUT2D eigenvalue weighted by molar-refractivity contribution is 5.93. The Morgan fingerprint density at radius 3 is 2.17 bits per heavy atom. The van der Waals surface area contributed by atoms with Crippen molar-refractivity contribution in [3.63, 3.8) is 0 Å². The number of rotatable bonds is 2. The van der Waals surface area contributed by atoms with Crippen molar-refractivity contribution in [3.05, 3.63) is 11.6 Å². The lowest BCUT2D eigenvalue weighted by molar-refractivity contribution is -0.0934. The minimum Gasteiger partial charge on any atom is -0.293 e. The highest BCUT2D eigenvalue weighted by atomic mass is 19.4. The van der Waals surface area contributed by atoms with Crippen LogP contribution in [0.1, 0.15) is 20.3 Å². The Bertz CT molecular complexity index is 201. The lowest BCUT2D eigenvalue weighted by Gasteiger charge is -2.08. The topological polar surface area (TPSA) is 12.4 Å². The van der Waals surface area contributed by atoms with Gasteiger partial charge in [-0.1, -0.05) is 6.92 Å². The quantitative estimate of drug-likeness (QED) is 0.578. The van der Waals surface area contributed by atoms with Crippen molar-refractivity contribution < 1.29 is 13.2 Å². The fraction of sp³-hybridized carbons (Fsp3) is 0.625. The molecule has 0 spiro atoms. The molecule has 0 amide bonds. The highest BCUT2D eigenvalue weighted by Crippen LogP contribution is 2.27. The summed E-state index contributed by atoms with van der Waals surface area (Å²) in [4.78, 5) is 3.63. The van der Waals surface area contributed by atoms with Gasteiger partial charge in [0, 0.05) is 18.3 Å². The van der Waals surface area contributed by atoms with Crippen LogP contribution in [-0.4, -0.2) is 18.9 Å². The van der Waals surface area contributed by atoms with Crippen molar-refractivity contribution in [1.82, 2.24) is 0 Å². The molecule has 0 aromatic rings. The van der Waals surface area contributed by atoms with Gasteiger partial charge in [0.05, 0.1) is 0 Å². The summed E-state index contributed by atoms with van der Waals surface area (Å²) in [6, 6.07) is 0. The van der Waals surface area contributed by atoms with E-state index in [0.717, 1.165) is 6.08 Å². The molecule has 0 saturated carbocycles. The van der Waals surface area contributed by atoms with Crippen LogP contribution in [0.15, 0.2) is 16.6 Å². The second-order valence-corrected chi connectivity index (χ2v) is 2.39. The molecule has 0 aromatic carbocycles. The van der Waals surface area contributed by atoms with Gasteiger partial charge < -0.3 is 0 Å². The molecule has 12 heavy (non-hydrogen) atoms. The summed E-state index contributed by atoms with van der Waals surface area (Å²) in [6.45, 7) is 3.02. The van der Waals surface area contributed by atoms with E-state index in [9.17, 15) is 13.2 Å². The first kappa shape index (κ1) is 11.2. The van der Waals surface area contributed by atoms with Crippen LogP contribution in [0.2, 0.25) is 0 Å². The van der Waals surface area contributed by atoms with Gasteiger partial charge in [-0.25, -0.2) is 0 Å². The third-order valence-corrected chi connectivity index (χ3v) is 1.48. The maximum atomic E-state index is 12.1. The standard InChI is InChI=1S/C8H12F3N/c1-4-7(8(9,10)11)5-6(2)12-3/h5H,4H2,1-3H3/b7-5+,12-6?. The van der Waals surface area contributed by atoms with Crippen LogP contribution in [0.25, 0.3) is 0 Å². The normalized spacial score (nSPS) is 15.2. The molecule has 0 saturated heterocycles. The molecule has 1 nitrogen and oxygen atoms in total. The number of aliphatic imine (C=N–C) groups is 1. The third-order valence-electron chi connectivity index (χ3n) is 1.48. The largest absolute Gasteiger partial charge is 0.412 e. The maximum absolute atomic E-state index is 12.1. The summed E-state index contributed by atoms with van der Waals surface area (Å²) < 4.78 is 36.3. The fourth-order valence-electron chi connectivity index (χ4n) is 0.701. The van der Waals surface area contributed by atoms with Crippen LogP contribution >= 0.6 is 0 Å². The Labute approximate surface area is 70.0 Å². The average molecular weight is 179 g/mol. The second-order valence-electron chi connectivity index (χ2n) is 2.39. The number of hydrogen-bond acceptors (Lipinski definition) is 1. The summed E-state index contributed by atoms with van der Waals surface area (Å²) in [5.74, 6) is 0. The van der Waals surface area contributed by atoms with Crippen molar-refractivity contribution in [1.29, 1.82) is 0 Å². The van der Waals surface area contributed by atoms with Gasteiger partial charge in [0.25, 0.3) is 0 Å². The Balaban J connectivity index is 4.68. The Morgan fingerprint density at radius 2 is 1.92 bits per heavy atom. The number of nitrogens with zero attached hydrogens (tertiary/aromatic N) is 1. The molecule has 0 aliphatic carbocycles. The number of halogens is 3. The van der Waals surface area contributed by atoms with Crippen molar-refractivity contribution in [3.8, 4) is 0 Å². The van der Waals surface area contributed by atoms with Gasteiger partial charge in [0.2, 0.25) is 0 Å². The molecule has 0 fully saturated rings. The Morgan fingerprint density at radius 1 is 1.42 bits per heavy atom. The van der Waals surface area contributed by atoms with E-state index >= 15 is 0 Å². The molecule has 0 rings (SSSR count). The van der Waals surface area contributed by atoms with Crippen LogP contribution in [0.5, 0.6) is 0 Å². The summed E-state index contributed by atoms with van der Waals surface area (Å²) in [6.07, 6.45) is -3.17. The summed E-state index contributed by atoms with van der Waals surface area (Å²) in [7, 11) is 1.47. The van der Waals surface area contributed by atoms with E-state index in [-0.39, 0.29) is 6.42 Å². The van der Waals surface area contributed by atoms with Crippen molar-refractivity contribution in [2.45, 2.75) is 26.4 Å². The molecule has 0 bridgehead atoms. The minimum atomic E-state index is -4.22. The maximum Gasteiger partial charge on any atom is 0.412 e. The summed E-state index contributed by atoms with van der Waals surface area (Å²) >= 11 is 0. The Kier molecular flexibility index (Phi) is 4.00. The van der Waals surface area contributed by atoms with Gasteiger partial charge in [0.1, 0.15) is 0 Å². The zero-order valence-corrected chi connectivity index (χ0v) is 7.37. The van der Waals surface area contributed by atoms with Crippen molar-refractivity contribution in [2.24, 2.45) is 4.99 Å². The van der Waals surface area contributed by atoms with Gasteiger partial charge in [0.15, 0.2) is 0 Å². The number of alkyl halides is 3. The van der Waals surface area contributed by atoms with E-state index in [4.69, 9.17) is 0 Å². The van der Waals surface area contributed by atoms with E-state index in [1.165, 1.54) is 14.0 Å². The first-order valence-electron chi connectivity index (χ1n) is 3.63. The summed E-state index contributed by atoms with van der Waals surface area (Å²) in [5, 5.41) is 0. The zero-order chi connectivity index (χ0) is 9.78. The molecule has 0 atom stereocenters. The molecule has 0 heterocycles. The molecule has 0 radical (unpaired) electrons. The third kappa shape index (κ3) is 3.55. The van der Waals surface area contributed by atoms with Crippen LogP contribution in [0.3, 0.4) is 0 Å². The van der Waals surface area contributed by atoms with Gasteiger partial charge in [-0.05, 0) is 19.4 Å². The van der Waals surface area contributed by atoms with Gasteiger partial charge in [-0.15, -0.1) is 0 Å². The monoisotopic (exact) mass is 179 g/mol. The molecule has 70 valence electrons. The SMILES string of the molecule is CC/C(=C\C(C)=NC)C(F)(F)F. The molecule has 0 N–H and O–H groups in total. The smallest absolute Gasteiger partial charge is 0.293 e. The molecular formula is C8H12F3N. The molecule has 0 aliphatic rings.